The Hall–Kier alpha value is -4.70. The number of aliphatic hydroxyl groups is 4. The first-order valence-corrected chi connectivity index (χ1v) is 22.3. The van der Waals surface area contributed by atoms with E-state index in [4.69, 9.17) is 0 Å². The maximum Gasteiger partial charge on any atom is 1.00 e. The van der Waals surface area contributed by atoms with Gasteiger partial charge >= 0.3 is 59.1 Å². The number of aliphatic hydroxyl groups excluding tert-OH is 4. The van der Waals surface area contributed by atoms with Crippen LogP contribution in [0.25, 0.3) is 12.2 Å². The van der Waals surface area contributed by atoms with Gasteiger partial charge < -0.3 is 55.3 Å². The molecule has 336 valence electrons. The minimum atomic E-state index is -5.16. The van der Waals surface area contributed by atoms with Crippen LogP contribution in [-0.2, 0) is 26.7 Å². The number of nitrogens with one attached hydrogen (secondary N) is 3. The summed E-state index contributed by atoms with van der Waals surface area (Å²) in [6, 6.07) is 25.6. The van der Waals surface area contributed by atoms with Gasteiger partial charge in [0.15, 0.2) is 0 Å². The Labute approximate surface area is 425 Å². The third-order valence-electron chi connectivity index (χ3n) is 9.09. The molecule has 21 nitrogen and oxygen atoms in total. The summed E-state index contributed by atoms with van der Waals surface area (Å²) in [5.74, 6) is 0.452. The van der Waals surface area contributed by atoms with Crippen molar-refractivity contribution in [3.05, 3.63) is 120 Å². The van der Waals surface area contributed by atoms with Crippen LogP contribution in [0.1, 0.15) is 22.5 Å². The summed E-state index contributed by atoms with van der Waals surface area (Å²) in [5.41, 5.74) is 1.41. The zero-order valence-electron chi connectivity index (χ0n) is 35.9. The fourth-order valence-corrected chi connectivity index (χ4v) is 7.63. The molecule has 4 aromatic carbocycles. The molecule has 0 aliphatic heterocycles. The van der Waals surface area contributed by atoms with E-state index in [-0.39, 0.29) is 171 Å². The number of nitrogens with zero attached hydrogens (tertiary/aromatic N) is 8. The molecule has 2 aromatic heterocycles. The van der Waals surface area contributed by atoms with E-state index < -0.39 is 30.0 Å². The molecule has 0 amide bonds. The predicted molar refractivity (Wildman–Crippen MR) is 236 cm³/mol. The van der Waals surface area contributed by atoms with E-state index in [0.29, 0.717) is 16.9 Å². The van der Waals surface area contributed by atoms with Crippen molar-refractivity contribution in [1.29, 1.82) is 0 Å². The van der Waals surface area contributed by atoms with Crippen molar-refractivity contribution in [2.45, 2.75) is 16.2 Å². The fourth-order valence-electron chi connectivity index (χ4n) is 6.21. The number of hydrogen-bond donors (Lipinski definition) is 7. The molecule has 6 aromatic rings. The molecule has 2 heterocycles. The van der Waals surface area contributed by atoms with Crippen LogP contribution < -0.4 is 84.9 Å². The van der Waals surface area contributed by atoms with Crippen LogP contribution in [0.4, 0.5) is 46.8 Å². The number of para-hydroxylation sites is 2. The van der Waals surface area contributed by atoms with Crippen molar-refractivity contribution in [2.24, 2.45) is 0 Å². The number of hydrogen-bond acceptors (Lipinski definition) is 21. The molecule has 0 aliphatic rings. The summed E-state index contributed by atoms with van der Waals surface area (Å²) in [4.78, 5) is 28.3. The molecule has 6 rings (SSSR count). The largest absolute Gasteiger partial charge is 1.00 e. The average molecular weight is 960 g/mol. The van der Waals surface area contributed by atoms with Crippen LogP contribution in [-0.4, -0.2) is 129 Å². The Morgan fingerprint density at radius 3 is 1.36 bits per heavy atom. The van der Waals surface area contributed by atoms with Crippen molar-refractivity contribution in [2.75, 3.05) is 78.4 Å². The Kier molecular flexibility index (Phi) is 20.8. The Morgan fingerprint density at radius 1 is 0.500 bits per heavy atom. The van der Waals surface area contributed by atoms with E-state index in [1.807, 2.05) is 12.1 Å². The molecular weight excluding hydrogens is 917 g/mol. The van der Waals surface area contributed by atoms with Crippen LogP contribution in [0.5, 0.6) is 0 Å². The first-order chi connectivity index (χ1) is 30.8. The fraction of sp³-hybridized carbons (Fsp3) is 0.220. The standard InChI is InChI=1S/C41H45N11O10S2.2Na/c53-21-17-51(18-22-54)40-46-36(45-37(48-40)42-31-7-3-1-4-8-31)26-28-11-12-29(34(25-28)63(57,58)59)13-14-30-15-16-33(27-35(30)64(60,61)62)44-39-47-38(43-32-9-5-2-6-10-32)49-41(50-39)52(19-23-55)20-24-56;;/h1-16,25,27,53-56H,17-24,26H2,(H,57,58,59)(H,60,61,62)(H,42,45,46,48)(H2,43,44,47,49,50);;/q;2*+1/p-2/b14-13+;;. The zero-order valence-corrected chi connectivity index (χ0v) is 41.5. The Morgan fingerprint density at radius 2 is 0.909 bits per heavy atom. The molecule has 0 saturated heterocycles. The quantitative estimate of drug-likeness (QED) is 0.0197. The Bertz CT molecular complexity index is 2590. The number of aromatic nitrogens is 6. The molecule has 0 radical (unpaired) electrons. The summed E-state index contributed by atoms with van der Waals surface area (Å²) in [7, 11) is -10.3. The number of rotatable bonds is 22. The molecule has 0 atom stereocenters. The summed E-state index contributed by atoms with van der Waals surface area (Å²) in [6.45, 7) is -0.777. The first-order valence-electron chi connectivity index (χ1n) is 19.5. The minimum absolute atomic E-state index is 0. The van der Waals surface area contributed by atoms with Gasteiger partial charge in [-0.05, 0) is 59.2 Å². The number of benzene rings is 4. The van der Waals surface area contributed by atoms with Gasteiger partial charge in [0.25, 0.3) is 0 Å². The molecule has 0 fully saturated rings. The first kappa shape index (κ1) is 53.9. The van der Waals surface area contributed by atoms with Gasteiger partial charge in [0.2, 0.25) is 29.7 Å². The van der Waals surface area contributed by atoms with E-state index in [0.717, 1.165) is 12.1 Å². The van der Waals surface area contributed by atoms with Gasteiger partial charge in [0.05, 0.1) is 36.2 Å². The monoisotopic (exact) mass is 959 g/mol. The molecule has 0 unspecified atom stereocenters. The predicted octanol–water partition coefficient (Wildman–Crippen LogP) is -3.55. The normalized spacial score (nSPS) is 11.4. The van der Waals surface area contributed by atoms with Crippen LogP contribution in [0, 0.1) is 0 Å². The maximum atomic E-state index is 12.6. The van der Waals surface area contributed by atoms with E-state index in [2.05, 4.69) is 45.9 Å². The second kappa shape index (κ2) is 25.4. The summed E-state index contributed by atoms with van der Waals surface area (Å²) < 4.78 is 75.7. The second-order valence-electron chi connectivity index (χ2n) is 13.7. The van der Waals surface area contributed by atoms with Crippen LogP contribution in [0.2, 0.25) is 0 Å². The molecule has 0 saturated carbocycles. The van der Waals surface area contributed by atoms with Gasteiger partial charge in [-0.25, -0.2) is 16.8 Å². The van der Waals surface area contributed by atoms with Crippen molar-refractivity contribution < 1.29 is 105 Å². The topological polar surface area (TPSA) is 315 Å². The SMILES string of the molecule is O=S(=O)([O-])c1cc(Cc2nc(Nc3ccccc3)nc(N(CCO)CCO)n2)ccc1/C=C/c1ccc(Nc2nc(Nc3ccccc3)nc(N(CCO)CCO)n2)cc1S(=O)(=O)[O-].[Na+].[Na+]. The molecule has 7 N–H and O–H groups in total. The van der Waals surface area contributed by atoms with E-state index in [1.54, 1.807) is 53.4 Å². The van der Waals surface area contributed by atoms with Crippen LogP contribution in [0.15, 0.2) is 107 Å². The molecule has 0 aliphatic carbocycles. The molecule has 0 spiro atoms. The summed E-state index contributed by atoms with van der Waals surface area (Å²) in [5, 5.41) is 47.5. The van der Waals surface area contributed by atoms with Crippen LogP contribution in [0.3, 0.4) is 0 Å². The van der Waals surface area contributed by atoms with Gasteiger partial charge in [0.1, 0.15) is 26.1 Å². The number of anilines is 8. The minimum Gasteiger partial charge on any atom is -0.744 e. The van der Waals surface area contributed by atoms with Crippen LogP contribution >= 0.6 is 0 Å². The smallest absolute Gasteiger partial charge is 0.744 e. The Balaban J connectivity index is 0.00000476. The molecule has 0 bridgehead atoms. The summed E-state index contributed by atoms with van der Waals surface area (Å²) in [6.07, 6.45) is 2.28. The van der Waals surface area contributed by atoms with Gasteiger partial charge in [-0.1, -0.05) is 66.7 Å². The maximum absolute atomic E-state index is 12.6. The van der Waals surface area contributed by atoms with Gasteiger partial charge in [-0.3, -0.25) is 0 Å². The second-order valence-corrected chi connectivity index (χ2v) is 16.4. The third kappa shape index (κ3) is 15.4. The summed E-state index contributed by atoms with van der Waals surface area (Å²) >= 11 is 0. The zero-order chi connectivity index (χ0) is 45.7. The van der Waals surface area contributed by atoms with Crippen molar-refractivity contribution in [3.63, 3.8) is 0 Å². The average Bonchev–Trinajstić information content (AvgIpc) is 3.26. The molecular formula is C41H43N11Na2O10S2. The van der Waals surface area contributed by atoms with E-state index in [9.17, 15) is 46.4 Å². The third-order valence-corrected chi connectivity index (χ3v) is 10.9. The molecule has 66 heavy (non-hydrogen) atoms. The van der Waals surface area contributed by atoms with Crippen molar-refractivity contribution in [1.82, 2.24) is 29.9 Å². The van der Waals surface area contributed by atoms with Gasteiger partial charge in [0, 0.05) is 49.7 Å². The molecule has 25 heteroatoms. The van der Waals surface area contributed by atoms with Gasteiger partial charge in [-0.2, -0.15) is 29.9 Å². The van der Waals surface area contributed by atoms with Gasteiger partial charge in [-0.15, -0.1) is 0 Å². The van der Waals surface area contributed by atoms with Crippen molar-refractivity contribution >= 4 is 79.2 Å². The van der Waals surface area contributed by atoms with E-state index >= 15 is 0 Å². The van der Waals surface area contributed by atoms with E-state index in [1.165, 1.54) is 41.3 Å². The van der Waals surface area contributed by atoms with Crippen molar-refractivity contribution in [3.8, 4) is 0 Å².